The third-order valence-corrected chi connectivity index (χ3v) is 6.41. The minimum absolute atomic E-state index is 0.113. The summed E-state index contributed by atoms with van der Waals surface area (Å²) in [6.45, 7) is 4.44. The van der Waals surface area contributed by atoms with Gasteiger partial charge in [0.25, 0.3) is 5.91 Å². The molecule has 0 unspecified atom stereocenters. The maximum absolute atomic E-state index is 13.7. The predicted octanol–water partition coefficient (Wildman–Crippen LogP) is 3.97. The van der Waals surface area contributed by atoms with Crippen molar-refractivity contribution < 1.29 is 29.0 Å². The van der Waals surface area contributed by atoms with E-state index < -0.39 is 5.91 Å². The van der Waals surface area contributed by atoms with Crippen LogP contribution >= 0.6 is 0 Å². The second kappa shape index (κ2) is 10.3. The maximum atomic E-state index is 13.7. The van der Waals surface area contributed by atoms with Crippen LogP contribution in [0.1, 0.15) is 21.5 Å². The van der Waals surface area contributed by atoms with E-state index in [0.29, 0.717) is 49.9 Å². The highest BCUT2D eigenvalue weighted by atomic mass is 16.7. The van der Waals surface area contributed by atoms with Gasteiger partial charge in [-0.3, -0.25) is 14.9 Å². The number of ether oxygens (including phenoxy) is 3. The molecule has 0 bridgehead atoms. The summed E-state index contributed by atoms with van der Waals surface area (Å²) < 4.78 is 16.4. The van der Waals surface area contributed by atoms with Gasteiger partial charge in [0.05, 0.1) is 19.8 Å². The second-order valence-electron chi connectivity index (χ2n) is 8.67. The lowest BCUT2D eigenvalue weighted by Gasteiger charge is -2.33. The van der Waals surface area contributed by atoms with Gasteiger partial charge in [-0.2, -0.15) is 0 Å². The summed E-state index contributed by atoms with van der Waals surface area (Å²) in [5.74, 6) is 0.830. The van der Waals surface area contributed by atoms with E-state index in [1.807, 2.05) is 49.4 Å². The molecule has 0 spiro atoms. The summed E-state index contributed by atoms with van der Waals surface area (Å²) in [6.07, 6.45) is 0. The Bertz CT molecular complexity index is 1290. The number of nitrogens with one attached hydrogen (secondary N) is 1. The van der Waals surface area contributed by atoms with Crippen molar-refractivity contribution in [2.24, 2.45) is 0 Å². The topological polar surface area (TPSA) is 101 Å². The number of morpholine rings is 1. The lowest BCUT2D eigenvalue weighted by molar-refractivity contribution is 0.0548. The van der Waals surface area contributed by atoms with Crippen molar-refractivity contribution in [3.05, 3.63) is 77.4 Å². The average Bonchev–Trinajstić information content (AvgIpc) is 3.40. The summed E-state index contributed by atoms with van der Waals surface area (Å²) >= 11 is 0. The van der Waals surface area contributed by atoms with Crippen LogP contribution in [0.2, 0.25) is 0 Å². The van der Waals surface area contributed by atoms with E-state index in [4.69, 9.17) is 19.4 Å². The molecule has 3 aromatic rings. The molecule has 0 aromatic heterocycles. The Morgan fingerprint density at radius 2 is 1.75 bits per heavy atom. The molecule has 2 heterocycles. The molecule has 5 rings (SSSR count). The smallest absolute Gasteiger partial charge is 0.324 e. The molecule has 2 N–H and O–H groups in total. The molecule has 36 heavy (non-hydrogen) atoms. The van der Waals surface area contributed by atoms with Gasteiger partial charge < -0.3 is 19.1 Å². The van der Waals surface area contributed by atoms with Gasteiger partial charge in [0, 0.05) is 24.3 Å². The minimum Gasteiger partial charge on any atom is -0.454 e. The second-order valence-corrected chi connectivity index (χ2v) is 8.67. The number of nitrogens with zero attached hydrogens (tertiary/aromatic N) is 2. The molecule has 0 aliphatic carbocycles. The number of anilines is 1. The summed E-state index contributed by atoms with van der Waals surface area (Å²) in [4.78, 5) is 29.1. The largest absolute Gasteiger partial charge is 0.454 e. The molecular weight excluding hydrogens is 462 g/mol. The number of carbonyl (C=O) groups excluding carboxylic acids is 2. The van der Waals surface area contributed by atoms with E-state index in [1.54, 1.807) is 33.5 Å². The van der Waals surface area contributed by atoms with Crippen molar-refractivity contribution in [2.45, 2.75) is 13.5 Å². The van der Waals surface area contributed by atoms with Crippen LogP contribution in [-0.2, 0) is 11.3 Å². The molecule has 0 atom stereocenters. The third-order valence-electron chi connectivity index (χ3n) is 6.41. The highest BCUT2D eigenvalue weighted by Gasteiger charge is 2.25. The first-order valence-corrected chi connectivity index (χ1v) is 11.7. The first kappa shape index (κ1) is 23.7. The maximum Gasteiger partial charge on any atom is 0.324 e. The number of aryl methyl sites for hydroxylation is 1. The normalized spacial score (nSPS) is 14.4. The van der Waals surface area contributed by atoms with Gasteiger partial charge in [-0.25, -0.2) is 10.3 Å². The molecule has 0 radical (unpaired) electrons. The van der Waals surface area contributed by atoms with Crippen LogP contribution in [0.3, 0.4) is 0 Å². The molecule has 0 saturated carbocycles. The van der Waals surface area contributed by atoms with Crippen LogP contribution < -0.4 is 19.9 Å². The Hall–Kier alpha value is -4.08. The van der Waals surface area contributed by atoms with Gasteiger partial charge in [-0.15, -0.1) is 0 Å². The van der Waals surface area contributed by atoms with Gasteiger partial charge in [-0.1, -0.05) is 24.3 Å². The van der Waals surface area contributed by atoms with Crippen LogP contribution in [0.4, 0.5) is 10.5 Å². The van der Waals surface area contributed by atoms with Gasteiger partial charge >= 0.3 is 6.03 Å². The molecule has 2 aliphatic heterocycles. The zero-order chi connectivity index (χ0) is 25.1. The Morgan fingerprint density at radius 1 is 0.972 bits per heavy atom. The number of amides is 3. The van der Waals surface area contributed by atoms with Crippen LogP contribution in [0.15, 0.2) is 60.7 Å². The molecule has 3 aromatic carbocycles. The zero-order valence-corrected chi connectivity index (χ0v) is 19.9. The van der Waals surface area contributed by atoms with E-state index in [1.165, 1.54) is 0 Å². The van der Waals surface area contributed by atoms with Crippen molar-refractivity contribution in [3.63, 3.8) is 0 Å². The van der Waals surface area contributed by atoms with Crippen molar-refractivity contribution in [1.82, 2.24) is 10.4 Å². The van der Waals surface area contributed by atoms with Crippen LogP contribution in [0, 0.1) is 6.92 Å². The van der Waals surface area contributed by atoms with Crippen molar-refractivity contribution in [2.75, 3.05) is 38.0 Å². The number of carbonyl (C=O) groups is 2. The number of urea groups is 1. The fourth-order valence-corrected chi connectivity index (χ4v) is 4.37. The number of benzene rings is 3. The van der Waals surface area contributed by atoms with Gasteiger partial charge in [-0.05, 0) is 65.6 Å². The van der Waals surface area contributed by atoms with E-state index in [9.17, 15) is 9.59 Å². The summed E-state index contributed by atoms with van der Waals surface area (Å²) in [5, 5.41) is 8.95. The minimum atomic E-state index is -0.581. The fraction of sp³-hybridized carbons (Fsp3) is 0.259. The Kier molecular flexibility index (Phi) is 6.75. The fourth-order valence-electron chi connectivity index (χ4n) is 4.37. The summed E-state index contributed by atoms with van der Waals surface area (Å²) in [5.41, 5.74) is 6.37. The van der Waals surface area contributed by atoms with Crippen molar-refractivity contribution in [3.8, 4) is 22.6 Å². The zero-order valence-electron chi connectivity index (χ0n) is 19.9. The lowest BCUT2D eigenvalue weighted by atomic mass is 10.0. The number of fused-ring (bicyclic) bond motifs is 1. The Labute approximate surface area is 208 Å². The number of rotatable bonds is 5. The molecule has 1 fully saturated rings. The van der Waals surface area contributed by atoms with Crippen molar-refractivity contribution in [1.29, 1.82) is 0 Å². The predicted molar refractivity (Wildman–Crippen MR) is 132 cm³/mol. The molecule has 9 heteroatoms. The van der Waals surface area contributed by atoms with E-state index in [0.717, 1.165) is 27.9 Å². The lowest BCUT2D eigenvalue weighted by Crippen LogP contribution is -2.48. The van der Waals surface area contributed by atoms with E-state index in [-0.39, 0.29) is 12.8 Å². The van der Waals surface area contributed by atoms with Crippen LogP contribution in [-0.4, -0.2) is 55.1 Å². The molecule has 186 valence electrons. The summed E-state index contributed by atoms with van der Waals surface area (Å²) in [7, 11) is 0. The van der Waals surface area contributed by atoms with E-state index in [2.05, 4.69) is 0 Å². The molecular formula is C27H27N3O6. The molecule has 9 nitrogen and oxygen atoms in total. The molecule has 3 amide bonds. The SMILES string of the molecule is Cc1cc(C(=O)NO)ccc1CN(C(=O)N1CCOCC1)c1cccc(-c2ccc3c(c2)OCO3)c1. The average molecular weight is 490 g/mol. The quantitative estimate of drug-likeness (QED) is 0.416. The first-order chi connectivity index (χ1) is 17.5. The highest BCUT2D eigenvalue weighted by molar-refractivity contribution is 5.94. The number of hydroxylamine groups is 1. The van der Waals surface area contributed by atoms with E-state index >= 15 is 0 Å². The highest BCUT2D eigenvalue weighted by Crippen LogP contribution is 2.37. The van der Waals surface area contributed by atoms with Gasteiger partial charge in [0.1, 0.15) is 0 Å². The summed E-state index contributed by atoms with van der Waals surface area (Å²) in [6, 6.07) is 18.6. The molecule has 2 aliphatic rings. The standard InChI is InChI=1S/C27H27N3O6/c1-18-13-21(26(31)28-33)5-6-22(18)16-30(27(32)29-9-11-34-12-10-29)23-4-2-3-19(14-23)20-7-8-24-25(15-20)36-17-35-24/h2-8,13-15,33H,9-12,16-17H2,1H3,(H,28,31). The number of hydrogen-bond acceptors (Lipinski definition) is 6. The Morgan fingerprint density at radius 3 is 2.53 bits per heavy atom. The monoisotopic (exact) mass is 489 g/mol. The Balaban J connectivity index is 1.49. The van der Waals surface area contributed by atoms with Gasteiger partial charge in [0.15, 0.2) is 11.5 Å². The molecule has 1 saturated heterocycles. The first-order valence-electron chi connectivity index (χ1n) is 11.7. The van der Waals surface area contributed by atoms with Crippen LogP contribution in [0.5, 0.6) is 11.5 Å². The van der Waals surface area contributed by atoms with Crippen molar-refractivity contribution >= 4 is 17.6 Å². The number of hydrogen-bond donors (Lipinski definition) is 2. The van der Waals surface area contributed by atoms with Crippen LogP contribution in [0.25, 0.3) is 11.1 Å². The van der Waals surface area contributed by atoms with Gasteiger partial charge in [0.2, 0.25) is 6.79 Å². The third kappa shape index (κ3) is 4.84.